The maximum Gasteiger partial charge on any atom is 0.167 e. The lowest BCUT2D eigenvalue weighted by molar-refractivity contribution is 0.231. The topological polar surface area (TPSA) is 67.5 Å². The Morgan fingerprint density at radius 2 is 2.18 bits per heavy atom. The minimum Gasteiger partial charge on any atom is -0.488 e. The van der Waals surface area contributed by atoms with Crippen molar-refractivity contribution in [1.82, 2.24) is 0 Å². The van der Waals surface area contributed by atoms with E-state index in [1.807, 2.05) is 13.8 Å². The lowest BCUT2D eigenvalue weighted by Crippen LogP contribution is -2.10. The fourth-order valence-corrected chi connectivity index (χ4v) is 1.37. The van der Waals surface area contributed by atoms with E-state index in [1.54, 1.807) is 6.07 Å². The molecule has 0 aliphatic rings. The Morgan fingerprint density at radius 3 is 2.76 bits per heavy atom. The Hall–Kier alpha value is -1.49. The first-order valence-electron chi connectivity index (χ1n) is 5.65. The molecule has 0 aliphatic carbocycles. The molecule has 1 aromatic rings. The van der Waals surface area contributed by atoms with Crippen LogP contribution in [0.2, 0.25) is 0 Å². The normalized spacial score (nSPS) is 10.6. The number of rotatable bonds is 6. The van der Waals surface area contributed by atoms with Crippen LogP contribution < -0.4 is 15.8 Å². The molecule has 1 aromatic carbocycles. The third kappa shape index (κ3) is 4.11. The third-order valence-corrected chi connectivity index (χ3v) is 2.12. The molecule has 17 heavy (non-hydrogen) atoms. The predicted octanol–water partition coefficient (Wildman–Crippen LogP) is 1.99. The highest BCUT2D eigenvalue weighted by atomic mass is 19.1. The first-order valence-corrected chi connectivity index (χ1v) is 5.65. The SMILES string of the molecule is CC(C)Oc1cc(NCCCO)c(N)cc1F. The summed E-state index contributed by atoms with van der Waals surface area (Å²) in [5.41, 5.74) is 6.63. The van der Waals surface area contributed by atoms with Gasteiger partial charge in [0.2, 0.25) is 0 Å². The first-order chi connectivity index (χ1) is 8.04. The van der Waals surface area contributed by atoms with Gasteiger partial charge in [0.15, 0.2) is 11.6 Å². The van der Waals surface area contributed by atoms with E-state index in [2.05, 4.69) is 5.32 Å². The third-order valence-electron chi connectivity index (χ3n) is 2.12. The van der Waals surface area contributed by atoms with Crippen LogP contribution in [0.1, 0.15) is 20.3 Å². The highest BCUT2D eigenvalue weighted by molar-refractivity contribution is 5.68. The number of hydrogen-bond acceptors (Lipinski definition) is 4. The molecule has 0 saturated carbocycles. The van der Waals surface area contributed by atoms with E-state index in [0.717, 1.165) is 0 Å². The summed E-state index contributed by atoms with van der Waals surface area (Å²) in [6.07, 6.45) is 0.510. The predicted molar refractivity (Wildman–Crippen MR) is 66.8 cm³/mol. The average molecular weight is 242 g/mol. The maximum atomic E-state index is 13.5. The van der Waals surface area contributed by atoms with E-state index in [-0.39, 0.29) is 18.5 Å². The van der Waals surface area contributed by atoms with Gasteiger partial charge in [-0.3, -0.25) is 0 Å². The molecule has 0 saturated heterocycles. The molecule has 4 N–H and O–H groups in total. The fourth-order valence-electron chi connectivity index (χ4n) is 1.37. The Balaban J connectivity index is 2.82. The van der Waals surface area contributed by atoms with Crippen molar-refractivity contribution in [3.8, 4) is 5.75 Å². The summed E-state index contributed by atoms with van der Waals surface area (Å²) in [7, 11) is 0. The Morgan fingerprint density at radius 1 is 1.47 bits per heavy atom. The summed E-state index contributed by atoms with van der Waals surface area (Å²) in [4.78, 5) is 0. The smallest absolute Gasteiger partial charge is 0.167 e. The van der Waals surface area contributed by atoms with Crippen LogP contribution >= 0.6 is 0 Å². The number of hydrogen-bond donors (Lipinski definition) is 3. The van der Waals surface area contributed by atoms with E-state index < -0.39 is 5.82 Å². The summed E-state index contributed by atoms with van der Waals surface area (Å²) in [5, 5.41) is 11.7. The molecule has 0 unspecified atom stereocenters. The number of nitrogens with two attached hydrogens (primary N) is 1. The minimum atomic E-state index is -0.469. The van der Waals surface area contributed by atoms with E-state index in [9.17, 15) is 4.39 Å². The molecule has 4 nitrogen and oxygen atoms in total. The number of nitrogens with one attached hydrogen (secondary N) is 1. The van der Waals surface area contributed by atoms with Gasteiger partial charge in [-0.05, 0) is 20.3 Å². The second kappa shape index (κ2) is 6.30. The van der Waals surface area contributed by atoms with Gasteiger partial charge in [-0.25, -0.2) is 4.39 Å². The summed E-state index contributed by atoms with van der Waals surface area (Å²) < 4.78 is 18.8. The largest absolute Gasteiger partial charge is 0.488 e. The summed E-state index contributed by atoms with van der Waals surface area (Å²) in [5.74, 6) is -0.287. The zero-order valence-electron chi connectivity index (χ0n) is 10.2. The highest BCUT2D eigenvalue weighted by Gasteiger charge is 2.10. The monoisotopic (exact) mass is 242 g/mol. The number of halogens is 1. The maximum absolute atomic E-state index is 13.5. The van der Waals surface area contributed by atoms with Crippen molar-refractivity contribution in [2.45, 2.75) is 26.4 Å². The van der Waals surface area contributed by atoms with E-state index in [4.69, 9.17) is 15.6 Å². The molecule has 0 aliphatic heterocycles. The average Bonchev–Trinajstić information content (AvgIpc) is 2.24. The molecule has 0 fully saturated rings. The van der Waals surface area contributed by atoms with Crippen LogP contribution in [-0.4, -0.2) is 24.4 Å². The van der Waals surface area contributed by atoms with Gasteiger partial charge in [-0.1, -0.05) is 0 Å². The molecule has 96 valence electrons. The molecule has 0 amide bonds. The Labute approximate surface area is 101 Å². The summed E-state index contributed by atoms with van der Waals surface area (Å²) >= 11 is 0. The number of aliphatic hydroxyl groups is 1. The number of anilines is 2. The Bertz CT molecular complexity index is 370. The molecule has 0 bridgehead atoms. The van der Waals surface area contributed by atoms with Crippen LogP contribution in [0, 0.1) is 5.82 Å². The van der Waals surface area contributed by atoms with Crippen molar-refractivity contribution in [2.75, 3.05) is 24.2 Å². The lowest BCUT2D eigenvalue weighted by Gasteiger charge is -2.14. The Kier molecular flexibility index (Phi) is 5.03. The van der Waals surface area contributed by atoms with Gasteiger partial charge in [0.05, 0.1) is 17.5 Å². The number of benzene rings is 1. The van der Waals surface area contributed by atoms with Crippen LogP contribution in [0.5, 0.6) is 5.75 Å². The van der Waals surface area contributed by atoms with Gasteiger partial charge in [0.25, 0.3) is 0 Å². The second-order valence-electron chi connectivity index (χ2n) is 4.04. The molecule has 5 heteroatoms. The van der Waals surface area contributed by atoms with Crippen LogP contribution in [0.4, 0.5) is 15.8 Å². The van der Waals surface area contributed by atoms with Crippen LogP contribution in [0.3, 0.4) is 0 Å². The number of nitrogen functional groups attached to an aromatic ring is 1. The van der Waals surface area contributed by atoms with Gasteiger partial charge in [0, 0.05) is 25.3 Å². The molecule has 0 atom stereocenters. The van der Waals surface area contributed by atoms with Gasteiger partial charge < -0.3 is 20.9 Å². The molecule has 0 spiro atoms. The second-order valence-corrected chi connectivity index (χ2v) is 4.04. The molecular formula is C12H19FN2O2. The van der Waals surface area contributed by atoms with Crippen molar-refractivity contribution in [2.24, 2.45) is 0 Å². The fraction of sp³-hybridized carbons (Fsp3) is 0.500. The zero-order valence-corrected chi connectivity index (χ0v) is 10.2. The van der Waals surface area contributed by atoms with Gasteiger partial charge in [-0.2, -0.15) is 0 Å². The van der Waals surface area contributed by atoms with Gasteiger partial charge in [0.1, 0.15) is 0 Å². The van der Waals surface area contributed by atoms with E-state index in [1.165, 1.54) is 6.07 Å². The lowest BCUT2D eigenvalue weighted by atomic mass is 10.2. The van der Waals surface area contributed by atoms with Crippen molar-refractivity contribution < 1.29 is 14.2 Å². The van der Waals surface area contributed by atoms with E-state index >= 15 is 0 Å². The molecule has 0 heterocycles. The van der Waals surface area contributed by atoms with Crippen molar-refractivity contribution in [3.05, 3.63) is 17.9 Å². The van der Waals surface area contributed by atoms with Crippen LogP contribution in [0.25, 0.3) is 0 Å². The summed E-state index contributed by atoms with van der Waals surface area (Å²) in [6, 6.07) is 2.78. The number of aliphatic hydroxyl groups excluding tert-OH is 1. The standard InChI is InChI=1S/C12H19FN2O2/c1-8(2)17-12-7-11(15-4-3-5-16)10(14)6-9(12)13/h6-8,15-16H,3-5,14H2,1-2H3. The highest BCUT2D eigenvalue weighted by Crippen LogP contribution is 2.28. The van der Waals surface area contributed by atoms with Crippen molar-refractivity contribution in [3.63, 3.8) is 0 Å². The number of ether oxygens (including phenoxy) is 1. The minimum absolute atomic E-state index is 0.0987. The first kappa shape index (κ1) is 13.6. The molecule has 0 radical (unpaired) electrons. The quantitative estimate of drug-likeness (QED) is 0.527. The van der Waals surface area contributed by atoms with Crippen LogP contribution in [-0.2, 0) is 0 Å². The van der Waals surface area contributed by atoms with Crippen molar-refractivity contribution >= 4 is 11.4 Å². The molecule has 0 aromatic heterocycles. The van der Waals surface area contributed by atoms with Gasteiger partial charge >= 0.3 is 0 Å². The van der Waals surface area contributed by atoms with E-state index in [0.29, 0.717) is 24.3 Å². The molecular weight excluding hydrogens is 223 g/mol. The summed E-state index contributed by atoms with van der Waals surface area (Å²) in [6.45, 7) is 4.33. The molecule has 1 rings (SSSR count). The van der Waals surface area contributed by atoms with Gasteiger partial charge in [-0.15, -0.1) is 0 Å². The zero-order chi connectivity index (χ0) is 12.8. The van der Waals surface area contributed by atoms with Crippen LogP contribution in [0.15, 0.2) is 12.1 Å². The van der Waals surface area contributed by atoms with Crippen molar-refractivity contribution in [1.29, 1.82) is 0 Å².